The van der Waals surface area contributed by atoms with Crippen LogP contribution in [0, 0.1) is 10.1 Å². The number of hydrogen-bond acceptors (Lipinski definition) is 5. The average molecular weight is 270 g/mol. The van der Waals surface area contributed by atoms with Gasteiger partial charge in [0, 0.05) is 7.05 Å². The number of nitrogens with zero attached hydrogens (tertiary/aromatic N) is 3. The molecule has 104 valence electrons. The van der Waals surface area contributed by atoms with E-state index in [1.54, 1.807) is 6.92 Å². The number of amides is 1. The zero-order valence-electron chi connectivity index (χ0n) is 10.7. The molecule has 1 amide bonds. The lowest BCUT2D eigenvalue weighted by atomic mass is 9.99. The molecule has 1 rings (SSSR count). The van der Waals surface area contributed by atoms with Crippen LogP contribution in [-0.2, 0) is 11.8 Å². The highest BCUT2D eigenvalue weighted by atomic mass is 16.6. The minimum Gasteiger partial charge on any atom is -0.480 e. The van der Waals surface area contributed by atoms with Gasteiger partial charge in [-0.1, -0.05) is 6.92 Å². The number of carbonyl (C=O) groups is 2. The molecule has 0 aliphatic carbocycles. The molecule has 0 spiro atoms. The minimum absolute atomic E-state index is 0.134. The van der Waals surface area contributed by atoms with Crippen LogP contribution < -0.4 is 5.32 Å². The van der Waals surface area contributed by atoms with Crippen LogP contribution in [0.25, 0.3) is 0 Å². The van der Waals surface area contributed by atoms with Crippen molar-refractivity contribution < 1.29 is 19.6 Å². The number of carboxylic acids is 1. The van der Waals surface area contributed by atoms with Crippen molar-refractivity contribution in [3.63, 3.8) is 0 Å². The molecule has 0 aromatic carbocycles. The largest absolute Gasteiger partial charge is 0.480 e. The van der Waals surface area contributed by atoms with Crippen LogP contribution in [0.4, 0.5) is 5.69 Å². The quantitative estimate of drug-likeness (QED) is 0.585. The Kier molecular flexibility index (Phi) is 3.88. The van der Waals surface area contributed by atoms with Gasteiger partial charge in [0.1, 0.15) is 11.7 Å². The van der Waals surface area contributed by atoms with Crippen LogP contribution in [0.15, 0.2) is 6.20 Å². The van der Waals surface area contributed by atoms with E-state index in [1.807, 2.05) is 0 Å². The molecule has 0 bridgehead atoms. The summed E-state index contributed by atoms with van der Waals surface area (Å²) < 4.78 is 1.12. The van der Waals surface area contributed by atoms with Gasteiger partial charge in [-0.05, 0) is 13.3 Å². The van der Waals surface area contributed by atoms with Crippen molar-refractivity contribution in [1.82, 2.24) is 15.1 Å². The lowest BCUT2D eigenvalue weighted by molar-refractivity contribution is -0.385. The molecule has 1 unspecified atom stereocenters. The minimum atomic E-state index is -1.50. The Hall–Kier alpha value is -2.45. The van der Waals surface area contributed by atoms with Crippen molar-refractivity contribution in [3.8, 4) is 0 Å². The van der Waals surface area contributed by atoms with E-state index < -0.39 is 33.7 Å². The van der Waals surface area contributed by atoms with Gasteiger partial charge in [0.05, 0.1) is 4.92 Å². The monoisotopic (exact) mass is 270 g/mol. The second kappa shape index (κ2) is 5.04. The van der Waals surface area contributed by atoms with Crippen LogP contribution in [0.5, 0.6) is 0 Å². The maximum atomic E-state index is 11.9. The molecular weight excluding hydrogens is 256 g/mol. The molecule has 1 aromatic heterocycles. The van der Waals surface area contributed by atoms with Gasteiger partial charge in [0.25, 0.3) is 5.91 Å². The van der Waals surface area contributed by atoms with E-state index in [4.69, 9.17) is 5.11 Å². The third-order valence-corrected chi connectivity index (χ3v) is 2.79. The van der Waals surface area contributed by atoms with E-state index in [1.165, 1.54) is 14.0 Å². The normalized spacial score (nSPS) is 13.6. The molecule has 0 aliphatic rings. The second-order valence-electron chi connectivity index (χ2n) is 4.24. The van der Waals surface area contributed by atoms with E-state index >= 15 is 0 Å². The predicted molar refractivity (Wildman–Crippen MR) is 63.7 cm³/mol. The van der Waals surface area contributed by atoms with Crippen molar-refractivity contribution >= 4 is 17.6 Å². The Morgan fingerprint density at radius 1 is 1.63 bits per heavy atom. The van der Waals surface area contributed by atoms with Gasteiger partial charge < -0.3 is 10.4 Å². The number of nitrogens with one attached hydrogen (secondary N) is 1. The average Bonchev–Trinajstić information content (AvgIpc) is 2.71. The van der Waals surface area contributed by atoms with Crippen LogP contribution in [0.3, 0.4) is 0 Å². The summed E-state index contributed by atoms with van der Waals surface area (Å²) in [4.78, 5) is 33.0. The Labute approximate surface area is 108 Å². The molecule has 9 nitrogen and oxygen atoms in total. The smallest absolute Gasteiger partial charge is 0.329 e. The molecule has 0 saturated heterocycles. The van der Waals surface area contributed by atoms with E-state index in [2.05, 4.69) is 10.4 Å². The Morgan fingerprint density at radius 3 is 2.63 bits per heavy atom. The summed E-state index contributed by atoms with van der Waals surface area (Å²) >= 11 is 0. The number of carbonyl (C=O) groups excluding carboxylic acids is 1. The number of aryl methyl sites for hydroxylation is 1. The Bertz CT molecular complexity index is 538. The number of rotatable bonds is 5. The molecule has 0 radical (unpaired) electrons. The van der Waals surface area contributed by atoms with Crippen molar-refractivity contribution in [1.29, 1.82) is 0 Å². The molecule has 1 atom stereocenters. The lowest BCUT2D eigenvalue weighted by Gasteiger charge is -2.23. The maximum absolute atomic E-state index is 11.9. The number of carboxylic acid groups (broad SMARTS) is 1. The van der Waals surface area contributed by atoms with Crippen LogP contribution in [0.1, 0.15) is 30.8 Å². The number of aliphatic carboxylic acids is 1. The van der Waals surface area contributed by atoms with Crippen LogP contribution in [-0.4, -0.2) is 37.2 Å². The first-order chi connectivity index (χ1) is 8.71. The third kappa shape index (κ3) is 2.87. The first kappa shape index (κ1) is 14.6. The summed E-state index contributed by atoms with van der Waals surface area (Å²) in [5, 5.41) is 25.7. The fourth-order valence-corrected chi connectivity index (χ4v) is 1.37. The summed E-state index contributed by atoms with van der Waals surface area (Å²) in [6.45, 7) is 2.91. The SMILES string of the molecule is CCC(C)(NC(=O)c1nn(C)cc1[N+](=O)[O-])C(=O)O. The fraction of sp³-hybridized carbons (Fsp3) is 0.500. The Balaban J connectivity index is 3.08. The number of aromatic nitrogens is 2. The van der Waals surface area contributed by atoms with Crippen molar-refractivity contribution in [2.24, 2.45) is 7.05 Å². The highest BCUT2D eigenvalue weighted by Crippen LogP contribution is 2.18. The second-order valence-corrected chi connectivity index (χ2v) is 4.24. The summed E-state index contributed by atoms with van der Waals surface area (Å²) in [6.07, 6.45) is 1.22. The van der Waals surface area contributed by atoms with E-state index in [0.717, 1.165) is 10.9 Å². The van der Waals surface area contributed by atoms with Crippen LogP contribution in [0.2, 0.25) is 0 Å². The molecule has 0 saturated carbocycles. The zero-order valence-corrected chi connectivity index (χ0v) is 10.7. The highest BCUT2D eigenvalue weighted by molar-refractivity contribution is 5.99. The van der Waals surface area contributed by atoms with Gasteiger partial charge in [-0.15, -0.1) is 0 Å². The van der Waals surface area contributed by atoms with Gasteiger partial charge in [-0.2, -0.15) is 5.10 Å². The molecule has 1 heterocycles. The van der Waals surface area contributed by atoms with E-state index in [0.29, 0.717) is 0 Å². The van der Waals surface area contributed by atoms with E-state index in [9.17, 15) is 19.7 Å². The molecule has 0 aliphatic heterocycles. The predicted octanol–water partition coefficient (Wildman–Crippen LogP) is 0.311. The molecule has 19 heavy (non-hydrogen) atoms. The maximum Gasteiger partial charge on any atom is 0.329 e. The molecule has 1 aromatic rings. The van der Waals surface area contributed by atoms with Crippen molar-refractivity contribution in [2.45, 2.75) is 25.8 Å². The molecular formula is C10H14N4O5. The first-order valence-corrected chi connectivity index (χ1v) is 5.45. The summed E-state index contributed by atoms with van der Waals surface area (Å²) in [5.41, 5.74) is -2.38. The van der Waals surface area contributed by atoms with Gasteiger partial charge in [-0.25, -0.2) is 4.79 Å². The zero-order chi connectivity index (χ0) is 14.8. The van der Waals surface area contributed by atoms with Crippen molar-refractivity contribution in [3.05, 3.63) is 22.0 Å². The van der Waals surface area contributed by atoms with Crippen LogP contribution >= 0.6 is 0 Å². The highest BCUT2D eigenvalue weighted by Gasteiger charge is 2.36. The first-order valence-electron chi connectivity index (χ1n) is 5.45. The molecule has 9 heteroatoms. The third-order valence-electron chi connectivity index (χ3n) is 2.79. The molecule has 2 N–H and O–H groups in total. The lowest BCUT2D eigenvalue weighted by Crippen LogP contribution is -2.51. The summed E-state index contributed by atoms with van der Waals surface area (Å²) in [5.74, 6) is -2.11. The fourth-order valence-electron chi connectivity index (χ4n) is 1.37. The summed E-state index contributed by atoms with van der Waals surface area (Å²) in [7, 11) is 1.43. The Morgan fingerprint density at radius 2 is 2.21 bits per heavy atom. The van der Waals surface area contributed by atoms with Gasteiger partial charge in [0.15, 0.2) is 0 Å². The van der Waals surface area contributed by atoms with Crippen molar-refractivity contribution in [2.75, 3.05) is 0 Å². The van der Waals surface area contributed by atoms with Gasteiger partial charge >= 0.3 is 11.7 Å². The topological polar surface area (TPSA) is 127 Å². The summed E-state index contributed by atoms with van der Waals surface area (Å²) in [6, 6.07) is 0. The number of nitro groups is 1. The van der Waals surface area contributed by atoms with E-state index in [-0.39, 0.29) is 6.42 Å². The molecule has 0 fully saturated rings. The van der Waals surface area contributed by atoms with Gasteiger partial charge in [0.2, 0.25) is 5.69 Å². The van der Waals surface area contributed by atoms with Gasteiger partial charge in [-0.3, -0.25) is 19.6 Å². The standard InChI is InChI=1S/C10H14N4O5/c1-4-10(2,9(16)17)11-8(15)7-6(14(18)19)5-13(3)12-7/h5H,4H2,1-3H3,(H,11,15)(H,16,17). The number of hydrogen-bond donors (Lipinski definition) is 2.